The van der Waals surface area contributed by atoms with Crippen molar-refractivity contribution in [2.45, 2.75) is 17.2 Å². The van der Waals surface area contributed by atoms with Crippen molar-refractivity contribution in [3.63, 3.8) is 0 Å². The topological polar surface area (TPSA) is 25.8 Å². The van der Waals surface area contributed by atoms with E-state index in [9.17, 15) is 0 Å². The number of nitrogens with zero attached hydrogens (tertiary/aromatic N) is 2. The van der Waals surface area contributed by atoms with Crippen LogP contribution in [0.25, 0.3) is 10.8 Å². The predicted molar refractivity (Wildman–Crippen MR) is 105 cm³/mol. The SMILES string of the molecule is c1ccc(CSc2nnc(Cc3ccccc3)c3ccccc23)cc1. The third-order valence-electron chi connectivity index (χ3n) is 4.16. The fourth-order valence-corrected chi connectivity index (χ4v) is 3.81. The van der Waals surface area contributed by atoms with Gasteiger partial charge >= 0.3 is 0 Å². The number of fused-ring (bicyclic) bond motifs is 1. The molecule has 0 saturated heterocycles. The van der Waals surface area contributed by atoms with Crippen LogP contribution in [0, 0.1) is 0 Å². The van der Waals surface area contributed by atoms with Gasteiger partial charge in [0, 0.05) is 22.9 Å². The first-order chi connectivity index (χ1) is 12.4. The van der Waals surface area contributed by atoms with Crippen molar-refractivity contribution >= 4 is 22.5 Å². The van der Waals surface area contributed by atoms with Gasteiger partial charge in [-0.15, -0.1) is 5.10 Å². The van der Waals surface area contributed by atoms with Crippen LogP contribution in [-0.4, -0.2) is 10.2 Å². The fourth-order valence-electron chi connectivity index (χ4n) is 2.89. The highest BCUT2D eigenvalue weighted by atomic mass is 32.2. The molecule has 25 heavy (non-hydrogen) atoms. The molecular formula is C22H18N2S. The maximum Gasteiger partial charge on any atom is 0.127 e. The van der Waals surface area contributed by atoms with Crippen LogP contribution in [0.3, 0.4) is 0 Å². The zero-order valence-corrected chi connectivity index (χ0v) is 14.6. The summed E-state index contributed by atoms with van der Waals surface area (Å²) in [5, 5.41) is 12.4. The lowest BCUT2D eigenvalue weighted by Crippen LogP contribution is -1.98. The minimum absolute atomic E-state index is 0.804. The van der Waals surface area contributed by atoms with Gasteiger partial charge in [-0.1, -0.05) is 96.7 Å². The molecule has 122 valence electrons. The molecule has 1 aromatic heterocycles. The van der Waals surface area contributed by atoms with Gasteiger partial charge in [-0.2, -0.15) is 5.10 Å². The highest BCUT2D eigenvalue weighted by Gasteiger charge is 2.10. The van der Waals surface area contributed by atoms with Crippen LogP contribution in [0.1, 0.15) is 16.8 Å². The van der Waals surface area contributed by atoms with Gasteiger partial charge in [0.2, 0.25) is 0 Å². The Kier molecular flexibility index (Phi) is 4.75. The molecule has 0 saturated carbocycles. The molecule has 0 radical (unpaired) electrons. The van der Waals surface area contributed by atoms with Gasteiger partial charge in [-0.05, 0) is 11.1 Å². The standard InChI is InChI=1S/C22H18N2S/c1-3-9-17(10-4-1)15-21-19-13-7-8-14-20(19)22(24-23-21)25-16-18-11-5-2-6-12-18/h1-14H,15-16H2. The van der Waals surface area contributed by atoms with E-state index in [1.54, 1.807) is 11.8 Å². The molecule has 0 aliphatic rings. The van der Waals surface area contributed by atoms with E-state index in [-0.39, 0.29) is 0 Å². The number of rotatable bonds is 5. The first kappa shape index (κ1) is 15.9. The van der Waals surface area contributed by atoms with Crippen molar-refractivity contribution in [2.24, 2.45) is 0 Å². The summed E-state index contributed by atoms with van der Waals surface area (Å²) < 4.78 is 0. The van der Waals surface area contributed by atoms with Crippen LogP contribution < -0.4 is 0 Å². The summed E-state index contributed by atoms with van der Waals surface area (Å²) in [7, 11) is 0. The fraction of sp³-hybridized carbons (Fsp3) is 0.0909. The van der Waals surface area contributed by atoms with Crippen molar-refractivity contribution in [1.29, 1.82) is 0 Å². The van der Waals surface area contributed by atoms with Gasteiger partial charge in [0.05, 0.1) is 5.69 Å². The second-order valence-electron chi connectivity index (χ2n) is 5.93. The molecule has 3 aromatic carbocycles. The molecule has 0 aliphatic heterocycles. The Hall–Kier alpha value is -2.65. The summed E-state index contributed by atoms with van der Waals surface area (Å²) in [5.74, 6) is 0.900. The molecule has 0 aliphatic carbocycles. The molecule has 4 aromatic rings. The molecule has 3 heteroatoms. The zero-order valence-electron chi connectivity index (χ0n) is 13.8. The first-order valence-electron chi connectivity index (χ1n) is 8.35. The Bertz CT molecular complexity index is 969. The lowest BCUT2D eigenvalue weighted by molar-refractivity contribution is 0.896. The summed E-state index contributed by atoms with van der Waals surface area (Å²) >= 11 is 1.74. The number of aromatic nitrogens is 2. The van der Waals surface area contributed by atoms with E-state index in [4.69, 9.17) is 0 Å². The average Bonchev–Trinajstić information content (AvgIpc) is 2.69. The van der Waals surface area contributed by atoms with E-state index < -0.39 is 0 Å². The average molecular weight is 342 g/mol. The van der Waals surface area contributed by atoms with Crippen molar-refractivity contribution < 1.29 is 0 Å². The Balaban J connectivity index is 1.64. The van der Waals surface area contributed by atoms with E-state index in [0.29, 0.717) is 0 Å². The second-order valence-corrected chi connectivity index (χ2v) is 6.90. The van der Waals surface area contributed by atoms with Crippen LogP contribution in [0.5, 0.6) is 0 Å². The minimum atomic E-state index is 0.804. The Labute approximate surface area is 151 Å². The lowest BCUT2D eigenvalue weighted by Gasteiger charge is -2.09. The van der Waals surface area contributed by atoms with Crippen LogP contribution in [0.15, 0.2) is 90.0 Å². The summed E-state index contributed by atoms with van der Waals surface area (Å²) in [6.07, 6.45) is 0.804. The molecule has 0 spiro atoms. The summed E-state index contributed by atoms with van der Waals surface area (Å²) in [6, 6.07) is 29.4. The Morgan fingerprint density at radius 2 is 1.20 bits per heavy atom. The van der Waals surface area contributed by atoms with Crippen LogP contribution >= 0.6 is 11.8 Å². The maximum absolute atomic E-state index is 4.54. The van der Waals surface area contributed by atoms with Gasteiger partial charge < -0.3 is 0 Å². The molecule has 0 bridgehead atoms. The van der Waals surface area contributed by atoms with Crippen molar-refractivity contribution in [2.75, 3.05) is 0 Å². The normalized spacial score (nSPS) is 10.9. The third kappa shape index (κ3) is 3.72. The molecular weight excluding hydrogens is 324 g/mol. The molecule has 0 fully saturated rings. The van der Waals surface area contributed by atoms with Gasteiger partial charge in [0.25, 0.3) is 0 Å². The summed E-state index contributed by atoms with van der Waals surface area (Å²) in [4.78, 5) is 0. The minimum Gasteiger partial charge on any atom is -0.154 e. The lowest BCUT2D eigenvalue weighted by atomic mass is 10.0. The molecule has 0 atom stereocenters. The van der Waals surface area contributed by atoms with Gasteiger partial charge in [-0.3, -0.25) is 0 Å². The first-order valence-corrected chi connectivity index (χ1v) is 9.33. The van der Waals surface area contributed by atoms with Crippen molar-refractivity contribution in [1.82, 2.24) is 10.2 Å². The number of hydrogen-bond acceptors (Lipinski definition) is 3. The monoisotopic (exact) mass is 342 g/mol. The van der Waals surface area contributed by atoms with Gasteiger partial charge in [0.15, 0.2) is 0 Å². The van der Waals surface area contributed by atoms with E-state index in [1.165, 1.54) is 21.9 Å². The van der Waals surface area contributed by atoms with E-state index in [1.807, 2.05) is 12.1 Å². The predicted octanol–water partition coefficient (Wildman–Crippen LogP) is 5.51. The molecule has 2 nitrogen and oxygen atoms in total. The van der Waals surface area contributed by atoms with Gasteiger partial charge in [-0.25, -0.2) is 0 Å². The van der Waals surface area contributed by atoms with E-state index >= 15 is 0 Å². The number of hydrogen-bond donors (Lipinski definition) is 0. The van der Waals surface area contributed by atoms with E-state index in [2.05, 4.69) is 83.0 Å². The van der Waals surface area contributed by atoms with Crippen LogP contribution in [0.4, 0.5) is 0 Å². The van der Waals surface area contributed by atoms with E-state index in [0.717, 1.165) is 22.9 Å². The molecule has 4 rings (SSSR count). The Morgan fingerprint density at radius 3 is 1.92 bits per heavy atom. The Morgan fingerprint density at radius 1 is 0.600 bits per heavy atom. The summed E-state index contributed by atoms with van der Waals surface area (Å²) in [6.45, 7) is 0. The third-order valence-corrected chi connectivity index (χ3v) is 5.22. The highest BCUT2D eigenvalue weighted by molar-refractivity contribution is 7.98. The highest BCUT2D eigenvalue weighted by Crippen LogP contribution is 2.29. The summed E-state index contributed by atoms with van der Waals surface area (Å²) in [5.41, 5.74) is 3.59. The zero-order chi connectivity index (χ0) is 16.9. The van der Waals surface area contributed by atoms with Crippen molar-refractivity contribution in [3.8, 4) is 0 Å². The molecule has 1 heterocycles. The van der Waals surface area contributed by atoms with Gasteiger partial charge in [0.1, 0.15) is 5.03 Å². The molecule has 0 N–H and O–H groups in total. The largest absolute Gasteiger partial charge is 0.154 e. The number of thioether (sulfide) groups is 1. The molecule has 0 unspecified atom stereocenters. The van der Waals surface area contributed by atoms with Crippen LogP contribution in [0.2, 0.25) is 0 Å². The number of benzene rings is 3. The van der Waals surface area contributed by atoms with Crippen LogP contribution in [-0.2, 0) is 12.2 Å². The quantitative estimate of drug-likeness (QED) is 0.447. The molecule has 0 amide bonds. The van der Waals surface area contributed by atoms with Crippen molar-refractivity contribution in [3.05, 3.63) is 102 Å². The second kappa shape index (κ2) is 7.49. The maximum atomic E-state index is 4.54. The smallest absolute Gasteiger partial charge is 0.127 e.